The van der Waals surface area contributed by atoms with E-state index in [1.165, 1.54) is 174 Å². The number of hydrogen-bond acceptors (Lipinski definition) is 8. The fourth-order valence-electron chi connectivity index (χ4n) is 15.6. The van der Waals surface area contributed by atoms with Crippen LogP contribution in [0.4, 0.5) is 0 Å². The number of methoxy groups -OCH3 is 2. The van der Waals surface area contributed by atoms with Gasteiger partial charge in [-0.1, -0.05) is 158 Å². The van der Waals surface area contributed by atoms with Gasteiger partial charge in [-0.25, -0.2) is 0 Å². The molecule has 0 saturated heterocycles. The average molecular weight is 1290 g/mol. The largest absolute Gasteiger partial charge is 0.382 e. The Morgan fingerprint density at radius 2 is 0.480 bits per heavy atom. The third-order valence-electron chi connectivity index (χ3n) is 20.1. The lowest BCUT2D eigenvalue weighted by Gasteiger charge is -2.18. The van der Waals surface area contributed by atoms with Crippen molar-refractivity contribution < 1.29 is 37.9 Å². The molecule has 98 heavy (non-hydrogen) atoms. The second-order valence-electron chi connectivity index (χ2n) is 25.7. The molecule has 0 aliphatic carbocycles. The highest BCUT2D eigenvalue weighted by atomic mass is 16.6. The minimum Gasteiger partial charge on any atom is -0.382 e. The predicted octanol–water partition coefficient (Wildman–Crippen LogP) is 20.1. The first kappa shape index (κ1) is 61.7. The predicted molar refractivity (Wildman–Crippen MR) is 405 cm³/mol. The van der Waals surface area contributed by atoms with Crippen LogP contribution in [0.5, 0.6) is 0 Å². The van der Waals surface area contributed by atoms with Gasteiger partial charge in [0.1, 0.15) is 0 Å². The van der Waals surface area contributed by atoms with Gasteiger partial charge in [0.25, 0.3) is 0 Å². The summed E-state index contributed by atoms with van der Waals surface area (Å²) in [6.45, 7) is 8.77. The summed E-state index contributed by atoms with van der Waals surface area (Å²) in [5.74, 6) is 0. The quantitative estimate of drug-likeness (QED) is 0.0272. The molecule has 0 bridgehead atoms. The minimum absolute atomic E-state index is 0.497. The van der Waals surface area contributed by atoms with Gasteiger partial charge in [-0.15, -0.1) is 0 Å². The summed E-state index contributed by atoms with van der Waals surface area (Å²) in [7, 11) is 3.36. The van der Waals surface area contributed by atoms with Crippen LogP contribution in [0.25, 0.3) is 174 Å². The van der Waals surface area contributed by atoms with Crippen molar-refractivity contribution in [1.29, 1.82) is 0 Å². The zero-order chi connectivity index (χ0) is 65.5. The lowest BCUT2D eigenvalue weighted by atomic mass is 9.85. The molecule has 0 spiro atoms. The third kappa shape index (κ3) is 11.4. The number of nitrogens with zero attached hydrogens (tertiary/aromatic N) is 2. The highest BCUT2D eigenvalue weighted by Crippen LogP contribution is 2.48. The first-order valence-corrected chi connectivity index (χ1v) is 34.4. The zero-order valence-electron chi connectivity index (χ0n) is 55.4. The summed E-state index contributed by atoms with van der Waals surface area (Å²) in [5.41, 5.74) is 14.2. The van der Waals surface area contributed by atoms with Gasteiger partial charge in [0.2, 0.25) is 0 Å². The third-order valence-corrected chi connectivity index (χ3v) is 20.1. The van der Waals surface area contributed by atoms with Crippen LogP contribution in [0.2, 0.25) is 0 Å². The molecule has 17 rings (SSSR count). The van der Waals surface area contributed by atoms with Crippen LogP contribution in [-0.2, 0) is 51.0 Å². The number of aromatic nitrogens is 2. The Bertz CT molecular complexity index is 5250. The molecule has 0 aliphatic rings. The highest BCUT2D eigenvalue weighted by Gasteiger charge is 2.22. The topological polar surface area (TPSA) is 83.7 Å². The van der Waals surface area contributed by atoms with Gasteiger partial charge < -0.3 is 47.0 Å². The normalized spacial score (nSPS) is 12.3. The summed E-state index contributed by atoms with van der Waals surface area (Å²) >= 11 is 0. The average Bonchev–Trinajstić information content (AvgIpc) is 1.52. The summed E-state index contributed by atoms with van der Waals surface area (Å²) < 4.78 is 50.6. The molecule has 2 heterocycles. The molecule has 0 unspecified atom stereocenters. The highest BCUT2D eigenvalue weighted by molar-refractivity contribution is 6.27. The van der Waals surface area contributed by atoms with Crippen molar-refractivity contribution in [3.8, 4) is 44.5 Å². The molecular weight excluding hydrogens is 1210 g/mol. The van der Waals surface area contributed by atoms with E-state index in [0.717, 1.165) is 0 Å². The first-order valence-electron chi connectivity index (χ1n) is 34.4. The number of ether oxygens (including phenoxy) is 8. The molecular formula is C88H76N2O8. The first-order chi connectivity index (χ1) is 48.6. The van der Waals surface area contributed by atoms with Crippen LogP contribution < -0.4 is 0 Å². The van der Waals surface area contributed by atoms with E-state index in [4.69, 9.17) is 37.9 Å². The molecule has 0 fully saturated rings. The SMILES string of the molecule is COCCOCCOCCOCCn1c2ccc(-c3cc4ccc5cccc6ccc(c3)c4c56)cc2c2cc(-c3c4ccccc4c(-c4ccc5c(c4)c4cc(-c6cc7ccc8cccc9ccc(c6)c7c89)ccc4n5CCOCCOCCOCCOC)c4ccccc34)ccc21. The van der Waals surface area contributed by atoms with Crippen LogP contribution in [0.15, 0.2) is 231 Å². The lowest BCUT2D eigenvalue weighted by molar-refractivity contribution is 0.00292. The molecule has 0 N–H and O–H groups in total. The smallest absolute Gasteiger partial charge is 0.0701 e. The maximum absolute atomic E-state index is 6.30. The molecule has 0 aliphatic heterocycles. The minimum atomic E-state index is 0.497. The molecule has 486 valence electrons. The van der Waals surface area contributed by atoms with E-state index in [9.17, 15) is 0 Å². The van der Waals surface area contributed by atoms with Gasteiger partial charge in [-0.3, -0.25) is 0 Å². The van der Waals surface area contributed by atoms with E-state index in [0.29, 0.717) is 106 Å². The van der Waals surface area contributed by atoms with E-state index < -0.39 is 0 Å². The van der Waals surface area contributed by atoms with Crippen molar-refractivity contribution in [2.45, 2.75) is 13.1 Å². The standard InChI is InChI=1S/C88H76N2O8/c1-91-37-39-95-45-47-97-43-41-93-35-33-89-79-29-25-61(69-49-63-21-17-57-9-7-10-58-18-22-64(50-69)85(63)83(57)58)53-75(79)77-55-67(27-31-81(77)89)87-71-13-3-5-15-73(71)88(74-16-6-4-14-72(74)87)68-28-32-82-78(56-68)76-54-62(26-30-80(76)90(82)34-36-94-42-44-98-48-46-96-40-38-92-2)70-51-65-23-19-59-11-8-12-60-20-24-66(52-70)86(65)84(59)60/h3-32,49-56H,33-48H2,1-2H3. The molecule has 0 saturated carbocycles. The van der Waals surface area contributed by atoms with Crippen molar-refractivity contribution in [2.24, 2.45) is 0 Å². The summed E-state index contributed by atoms with van der Waals surface area (Å²) in [6.07, 6.45) is 0. The Morgan fingerprint density at radius 3 is 0.796 bits per heavy atom. The fourth-order valence-corrected chi connectivity index (χ4v) is 15.6. The van der Waals surface area contributed by atoms with E-state index in [1.807, 2.05) is 0 Å². The Kier molecular flexibility index (Phi) is 17.2. The summed E-state index contributed by atoms with van der Waals surface area (Å²) in [5, 5.41) is 25.0. The Hall–Kier alpha value is -9.82. The maximum atomic E-state index is 6.30. The van der Waals surface area contributed by atoms with Crippen LogP contribution in [0, 0.1) is 0 Å². The fraction of sp³-hybridized carbons (Fsp3) is 0.205. The van der Waals surface area contributed by atoms with Crippen molar-refractivity contribution in [2.75, 3.05) is 107 Å². The Balaban J connectivity index is 0.757. The molecule has 15 aromatic carbocycles. The molecule has 0 radical (unpaired) electrons. The second kappa shape index (κ2) is 27.2. The van der Waals surface area contributed by atoms with Crippen LogP contribution in [0.3, 0.4) is 0 Å². The van der Waals surface area contributed by atoms with Crippen molar-refractivity contribution in [1.82, 2.24) is 9.13 Å². The second-order valence-corrected chi connectivity index (χ2v) is 25.7. The summed E-state index contributed by atoms with van der Waals surface area (Å²) in [4.78, 5) is 0. The molecule has 10 nitrogen and oxygen atoms in total. The molecule has 0 atom stereocenters. The van der Waals surface area contributed by atoms with Gasteiger partial charge in [0.05, 0.1) is 92.5 Å². The van der Waals surface area contributed by atoms with Crippen LogP contribution >= 0.6 is 0 Å². The monoisotopic (exact) mass is 1290 g/mol. The van der Waals surface area contributed by atoms with E-state index in [1.54, 1.807) is 14.2 Å². The molecule has 17 aromatic rings. The van der Waals surface area contributed by atoms with Gasteiger partial charge in [0, 0.05) is 70.9 Å². The summed E-state index contributed by atoms with van der Waals surface area (Å²) in [6, 6.07) is 87.4. The van der Waals surface area contributed by atoms with Crippen molar-refractivity contribution in [3.05, 3.63) is 231 Å². The van der Waals surface area contributed by atoms with Gasteiger partial charge in [-0.2, -0.15) is 0 Å². The molecule has 2 aromatic heterocycles. The van der Waals surface area contributed by atoms with E-state index >= 15 is 0 Å². The molecule has 0 amide bonds. The maximum Gasteiger partial charge on any atom is 0.0701 e. The van der Waals surface area contributed by atoms with Gasteiger partial charge >= 0.3 is 0 Å². The zero-order valence-corrected chi connectivity index (χ0v) is 55.4. The number of fused-ring (bicyclic) bond motifs is 8. The van der Waals surface area contributed by atoms with Gasteiger partial charge in [-0.05, 0) is 203 Å². The van der Waals surface area contributed by atoms with E-state index in [2.05, 4.69) is 240 Å². The van der Waals surface area contributed by atoms with E-state index in [-0.39, 0.29) is 0 Å². The van der Waals surface area contributed by atoms with Crippen molar-refractivity contribution >= 4 is 130 Å². The lowest BCUT2D eigenvalue weighted by Crippen LogP contribution is -2.13. The van der Waals surface area contributed by atoms with Gasteiger partial charge in [0.15, 0.2) is 0 Å². The Labute approximate surface area is 568 Å². The van der Waals surface area contributed by atoms with Crippen LogP contribution in [-0.4, -0.2) is 116 Å². The molecule has 10 heteroatoms. The van der Waals surface area contributed by atoms with Crippen LogP contribution in [0.1, 0.15) is 0 Å². The number of hydrogen-bond donors (Lipinski definition) is 0. The number of rotatable bonds is 28. The van der Waals surface area contributed by atoms with Crippen molar-refractivity contribution in [3.63, 3.8) is 0 Å². The number of benzene rings is 15. The Morgan fingerprint density at radius 1 is 0.214 bits per heavy atom.